The lowest BCUT2D eigenvalue weighted by Gasteiger charge is -2.29. The van der Waals surface area contributed by atoms with Gasteiger partial charge in [-0.2, -0.15) is 0 Å². The molecule has 0 atom stereocenters. The average molecular weight is 333 g/mol. The van der Waals surface area contributed by atoms with Gasteiger partial charge in [0.1, 0.15) is 0 Å². The fraction of sp³-hybridized carbons (Fsp3) is 0.250. The van der Waals surface area contributed by atoms with Crippen molar-refractivity contribution in [2.75, 3.05) is 11.4 Å². The van der Waals surface area contributed by atoms with E-state index in [9.17, 15) is 9.59 Å². The van der Waals surface area contributed by atoms with Crippen LogP contribution in [0.4, 0.5) is 5.69 Å². The molecule has 0 fully saturated rings. The largest absolute Gasteiger partial charge is 0.312 e. The van der Waals surface area contributed by atoms with Crippen molar-refractivity contribution in [1.29, 1.82) is 0 Å². The molecule has 126 valence electrons. The normalized spacial score (nSPS) is 13.7. The maximum absolute atomic E-state index is 12.7. The third kappa shape index (κ3) is 2.93. The lowest BCUT2D eigenvalue weighted by atomic mass is 10.0. The van der Waals surface area contributed by atoms with E-state index >= 15 is 0 Å². The highest BCUT2D eigenvalue weighted by Gasteiger charge is 2.21. The summed E-state index contributed by atoms with van der Waals surface area (Å²) in [5.41, 5.74) is 2.80. The molecule has 1 amide bonds. The molecule has 2 aromatic carbocycles. The number of carbonyl (C=O) groups excluding carboxylic acids is 1. The van der Waals surface area contributed by atoms with Crippen LogP contribution in [0.3, 0.4) is 0 Å². The average Bonchev–Trinajstić information content (AvgIpc) is 2.67. The maximum Gasteiger partial charge on any atom is 0.261 e. The van der Waals surface area contributed by atoms with E-state index in [1.54, 1.807) is 6.07 Å². The quantitative estimate of drug-likeness (QED) is 0.740. The van der Waals surface area contributed by atoms with Gasteiger partial charge in [0, 0.05) is 25.2 Å². The third-order valence-electron chi connectivity index (χ3n) is 4.71. The summed E-state index contributed by atoms with van der Waals surface area (Å²) in [4.78, 5) is 31.4. The van der Waals surface area contributed by atoms with E-state index in [0.29, 0.717) is 17.4 Å². The van der Waals surface area contributed by atoms with E-state index in [2.05, 4.69) is 11.1 Å². The number of hydrogen-bond acceptors (Lipinski definition) is 3. The number of amides is 1. The molecule has 1 aliphatic heterocycles. The molecule has 2 heterocycles. The summed E-state index contributed by atoms with van der Waals surface area (Å²) in [6.07, 6.45) is 3.80. The zero-order valence-corrected chi connectivity index (χ0v) is 13.9. The van der Waals surface area contributed by atoms with Gasteiger partial charge in [0.05, 0.1) is 17.2 Å². The zero-order chi connectivity index (χ0) is 17.2. The fourth-order valence-corrected chi connectivity index (χ4v) is 3.41. The van der Waals surface area contributed by atoms with Gasteiger partial charge in [-0.1, -0.05) is 30.3 Å². The molecular weight excluding hydrogens is 314 g/mol. The summed E-state index contributed by atoms with van der Waals surface area (Å²) in [7, 11) is 0. The second-order valence-electron chi connectivity index (χ2n) is 6.29. The zero-order valence-electron chi connectivity index (χ0n) is 13.9. The molecule has 3 aromatic rings. The Labute approximate surface area is 145 Å². The highest BCUT2D eigenvalue weighted by atomic mass is 16.2. The Bertz CT molecular complexity index is 993. The molecule has 25 heavy (non-hydrogen) atoms. The van der Waals surface area contributed by atoms with Crippen molar-refractivity contribution in [1.82, 2.24) is 9.55 Å². The van der Waals surface area contributed by atoms with Crippen molar-refractivity contribution in [3.63, 3.8) is 0 Å². The molecule has 4 rings (SSSR count). The minimum absolute atomic E-state index is 0.0483. The van der Waals surface area contributed by atoms with Gasteiger partial charge in [-0.25, -0.2) is 4.98 Å². The number of hydrogen-bond donors (Lipinski definition) is 0. The number of rotatable bonds is 3. The SMILES string of the molecule is O=C(CCn1cnc2ccccc2c1=O)N1CCCc2ccccc21. The van der Waals surface area contributed by atoms with Crippen LogP contribution in [0.15, 0.2) is 59.7 Å². The van der Waals surface area contributed by atoms with Crippen LogP contribution in [0.5, 0.6) is 0 Å². The molecule has 5 nitrogen and oxygen atoms in total. The highest BCUT2D eigenvalue weighted by Crippen LogP contribution is 2.27. The Morgan fingerprint density at radius 2 is 1.88 bits per heavy atom. The maximum atomic E-state index is 12.7. The number of anilines is 1. The lowest BCUT2D eigenvalue weighted by Crippen LogP contribution is -2.36. The molecule has 1 aliphatic rings. The number of benzene rings is 2. The summed E-state index contributed by atoms with van der Waals surface area (Å²) in [6.45, 7) is 1.08. The van der Waals surface area contributed by atoms with Crippen LogP contribution in [0.25, 0.3) is 10.9 Å². The van der Waals surface area contributed by atoms with Gasteiger partial charge in [0.2, 0.25) is 5.91 Å². The second kappa shape index (κ2) is 6.51. The van der Waals surface area contributed by atoms with Crippen molar-refractivity contribution < 1.29 is 4.79 Å². The van der Waals surface area contributed by atoms with E-state index < -0.39 is 0 Å². The van der Waals surface area contributed by atoms with Crippen LogP contribution in [-0.2, 0) is 17.8 Å². The molecule has 0 saturated carbocycles. The second-order valence-corrected chi connectivity index (χ2v) is 6.29. The molecule has 5 heteroatoms. The van der Waals surface area contributed by atoms with Crippen molar-refractivity contribution in [3.8, 4) is 0 Å². The number of carbonyl (C=O) groups is 1. The standard InChI is InChI=1S/C20H19N3O2/c24-19(23-12-5-7-15-6-1-4-10-18(15)23)11-13-22-14-21-17-9-3-2-8-16(17)20(22)25/h1-4,6,8-10,14H,5,7,11-13H2. The monoisotopic (exact) mass is 333 g/mol. The Balaban J connectivity index is 1.54. The molecule has 0 N–H and O–H groups in total. The topological polar surface area (TPSA) is 55.2 Å². The van der Waals surface area contributed by atoms with Crippen molar-refractivity contribution in [2.24, 2.45) is 0 Å². The minimum Gasteiger partial charge on any atom is -0.312 e. The van der Waals surface area contributed by atoms with Gasteiger partial charge < -0.3 is 4.90 Å². The lowest BCUT2D eigenvalue weighted by molar-refractivity contribution is -0.118. The minimum atomic E-state index is -0.0996. The first-order valence-electron chi connectivity index (χ1n) is 8.56. The number of aryl methyl sites for hydroxylation is 2. The van der Waals surface area contributed by atoms with Gasteiger partial charge in [-0.3, -0.25) is 14.2 Å². The number of aromatic nitrogens is 2. The molecule has 1 aromatic heterocycles. The Hall–Kier alpha value is -2.95. The highest BCUT2D eigenvalue weighted by molar-refractivity contribution is 5.94. The molecule has 0 unspecified atom stereocenters. The van der Waals surface area contributed by atoms with Crippen LogP contribution in [0.2, 0.25) is 0 Å². The number of para-hydroxylation sites is 2. The van der Waals surface area contributed by atoms with Gasteiger partial charge in [-0.05, 0) is 36.6 Å². The first-order valence-corrected chi connectivity index (χ1v) is 8.56. The first-order chi connectivity index (χ1) is 12.2. The third-order valence-corrected chi connectivity index (χ3v) is 4.71. The summed E-state index contributed by atoms with van der Waals surface area (Å²) >= 11 is 0. The van der Waals surface area contributed by atoms with Crippen LogP contribution in [-0.4, -0.2) is 22.0 Å². The van der Waals surface area contributed by atoms with Crippen LogP contribution in [0, 0.1) is 0 Å². The van der Waals surface area contributed by atoms with Crippen LogP contribution in [0.1, 0.15) is 18.4 Å². The summed E-state index contributed by atoms with van der Waals surface area (Å²) in [5, 5.41) is 0.584. The van der Waals surface area contributed by atoms with Crippen LogP contribution >= 0.6 is 0 Å². The molecule has 0 aliphatic carbocycles. The summed E-state index contributed by atoms with van der Waals surface area (Å²) < 4.78 is 1.52. The van der Waals surface area contributed by atoms with Crippen molar-refractivity contribution in [3.05, 3.63) is 70.8 Å². The van der Waals surface area contributed by atoms with Gasteiger partial charge in [0.25, 0.3) is 5.56 Å². The molecular formula is C20H19N3O2. The van der Waals surface area contributed by atoms with Crippen LogP contribution < -0.4 is 10.5 Å². The molecule has 0 saturated heterocycles. The van der Waals surface area contributed by atoms with Gasteiger partial charge >= 0.3 is 0 Å². The van der Waals surface area contributed by atoms with E-state index in [4.69, 9.17) is 0 Å². The van der Waals surface area contributed by atoms with Gasteiger partial charge in [0.15, 0.2) is 0 Å². The predicted molar refractivity (Wildman–Crippen MR) is 97.7 cm³/mol. The Morgan fingerprint density at radius 1 is 1.08 bits per heavy atom. The van der Waals surface area contributed by atoms with Crippen molar-refractivity contribution >= 4 is 22.5 Å². The van der Waals surface area contributed by atoms with E-state index in [1.807, 2.05) is 41.3 Å². The summed E-state index contributed by atoms with van der Waals surface area (Å²) in [6, 6.07) is 15.3. The summed E-state index contributed by atoms with van der Waals surface area (Å²) in [5.74, 6) is 0.0483. The van der Waals surface area contributed by atoms with E-state index in [-0.39, 0.29) is 17.9 Å². The van der Waals surface area contributed by atoms with Gasteiger partial charge in [-0.15, -0.1) is 0 Å². The fourth-order valence-electron chi connectivity index (χ4n) is 3.41. The smallest absolute Gasteiger partial charge is 0.261 e. The van der Waals surface area contributed by atoms with E-state index in [0.717, 1.165) is 25.1 Å². The first kappa shape index (κ1) is 15.6. The van der Waals surface area contributed by atoms with E-state index in [1.165, 1.54) is 16.5 Å². The Morgan fingerprint density at radius 3 is 2.80 bits per heavy atom. The van der Waals surface area contributed by atoms with Crippen molar-refractivity contribution in [2.45, 2.75) is 25.8 Å². The Kier molecular flexibility index (Phi) is 4.06. The number of nitrogens with zero attached hydrogens (tertiary/aromatic N) is 3. The number of fused-ring (bicyclic) bond motifs is 2. The molecule has 0 bridgehead atoms. The molecule has 0 radical (unpaired) electrons. The predicted octanol–water partition coefficient (Wildman–Crippen LogP) is 2.77. The molecule has 0 spiro atoms.